The van der Waals surface area contributed by atoms with Crippen LogP contribution in [0.25, 0.3) is 0 Å². The second-order valence-corrected chi connectivity index (χ2v) is 7.05. The Morgan fingerprint density at radius 3 is 2.13 bits per heavy atom. The van der Waals surface area contributed by atoms with Crippen LogP contribution < -0.4 is 5.32 Å². The fourth-order valence-corrected chi connectivity index (χ4v) is 2.79. The minimum Gasteiger partial charge on any atom is -0.347 e. The highest BCUT2D eigenvalue weighted by atomic mass is 35.5. The number of nitrogens with one attached hydrogen (secondary N) is 1. The summed E-state index contributed by atoms with van der Waals surface area (Å²) in [5.74, 6) is -1.78. The van der Waals surface area contributed by atoms with Gasteiger partial charge in [-0.2, -0.15) is 13.2 Å². The first kappa shape index (κ1) is 20.1. The molecule has 1 aromatic carbocycles. The summed E-state index contributed by atoms with van der Waals surface area (Å²) in [7, 11) is 0. The lowest BCUT2D eigenvalue weighted by Crippen LogP contribution is -2.44. The number of alkyl halides is 3. The SMILES string of the molecule is CCC(CCC(C)(C)NC(=O)c1cc(Cl)cc(Cl)c1)C(F)(F)F. The third-order valence-corrected chi connectivity index (χ3v) is 4.09. The number of rotatable bonds is 6. The average Bonchev–Trinajstić information content (AvgIpc) is 2.35. The number of halogens is 5. The van der Waals surface area contributed by atoms with Gasteiger partial charge in [0.05, 0.1) is 5.92 Å². The van der Waals surface area contributed by atoms with Gasteiger partial charge < -0.3 is 5.32 Å². The summed E-state index contributed by atoms with van der Waals surface area (Å²) < 4.78 is 38.4. The number of hydrogen-bond donors (Lipinski definition) is 1. The Morgan fingerprint density at radius 2 is 1.70 bits per heavy atom. The van der Waals surface area contributed by atoms with E-state index in [1.165, 1.54) is 25.1 Å². The Morgan fingerprint density at radius 1 is 1.17 bits per heavy atom. The van der Waals surface area contributed by atoms with Crippen molar-refractivity contribution < 1.29 is 18.0 Å². The lowest BCUT2D eigenvalue weighted by atomic mass is 9.90. The van der Waals surface area contributed by atoms with Gasteiger partial charge in [0, 0.05) is 21.1 Å². The van der Waals surface area contributed by atoms with Crippen molar-refractivity contribution in [2.75, 3.05) is 0 Å². The van der Waals surface area contributed by atoms with E-state index in [2.05, 4.69) is 5.32 Å². The monoisotopic (exact) mass is 369 g/mol. The lowest BCUT2D eigenvalue weighted by molar-refractivity contribution is -0.177. The van der Waals surface area contributed by atoms with E-state index in [1.54, 1.807) is 13.8 Å². The number of hydrogen-bond acceptors (Lipinski definition) is 1. The Labute approximate surface area is 144 Å². The van der Waals surface area contributed by atoms with Crippen LogP contribution in [0.5, 0.6) is 0 Å². The molecule has 1 amide bonds. The van der Waals surface area contributed by atoms with E-state index >= 15 is 0 Å². The van der Waals surface area contributed by atoms with Crippen molar-refractivity contribution in [2.24, 2.45) is 5.92 Å². The van der Waals surface area contributed by atoms with Crippen molar-refractivity contribution in [3.05, 3.63) is 33.8 Å². The van der Waals surface area contributed by atoms with Crippen LogP contribution in [0.4, 0.5) is 13.2 Å². The minimum absolute atomic E-state index is 0.0252. The number of benzene rings is 1. The molecule has 1 unspecified atom stereocenters. The maximum Gasteiger partial charge on any atom is 0.391 e. The van der Waals surface area contributed by atoms with E-state index < -0.39 is 23.5 Å². The minimum atomic E-state index is -4.21. The molecule has 23 heavy (non-hydrogen) atoms. The van der Waals surface area contributed by atoms with Crippen LogP contribution in [0.15, 0.2) is 18.2 Å². The van der Waals surface area contributed by atoms with E-state index in [-0.39, 0.29) is 24.8 Å². The van der Waals surface area contributed by atoms with Crippen LogP contribution in [-0.4, -0.2) is 17.6 Å². The highest BCUT2D eigenvalue weighted by Gasteiger charge is 2.38. The Kier molecular flexibility index (Phi) is 6.78. The van der Waals surface area contributed by atoms with Crippen molar-refractivity contribution in [2.45, 2.75) is 51.7 Å². The fourth-order valence-electron chi connectivity index (χ4n) is 2.26. The molecule has 1 N–H and O–H groups in total. The number of carbonyl (C=O) groups excluding carboxylic acids is 1. The van der Waals surface area contributed by atoms with Gasteiger partial charge in [-0.1, -0.05) is 30.1 Å². The van der Waals surface area contributed by atoms with Crippen molar-refractivity contribution >= 4 is 29.1 Å². The van der Waals surface area contributed by atoms with E-state index in [0.717, 1.165) is 0 Å². The number of amides is 1. The molecular formula is C16H20Cl2F3NO. The molecule has 0 aromatic heterocycles. The zero-order valence-electron chi connectivity index (χ0n) is 13.2. The first-order valence-electron chi connectivity index (χ1n) is 7.30. The smallest absolute Gasteiger partial charge is 0.347 e. The molecule has 0 bridgehead atoms. The van der Waals surface area contributed by atoms with E-state index in [0.29, 0.717) is 10.0 Å². The molecule has 0 saturated carbocycles. The van der Waals surface area contributed by atoms with Crippen LogP contribution in [0.3, 0.4) is 0 Å². The highest BCUT2D eigenvalue weighted by molar-refractivity contribution is 6.35. The van der Waals surface area contributed by atoms with Gasteiger partial charge >= 0.3 is 6.18 Å². The Hall–Kier alpha value is -0.940. The molecular weight excluding hydrogens is 350 g/mol. The van der Waals surface area contributed by atoms with Crippen molar-refractivity contribution in [3.63, 3.8) is 0 Å². The third-order valence-electron chi connectivity index (χ3n) is 3.65. The summed E-state index contributed by atoms with van der Waals surface area (Å²) >= 11 is 11.7. The zero-order valence-corrected chi connectivity index (χ0v) is 14.7. The van der Waals surface area contributed by atoms with E-state index in [4.69, 9.17) is 23.2 Å². The third kappa shape index (κ3) is 6.60. The predicted molar refractivity (Wildman–Crippen MR) is 87.1 cm³/mol. The highest BCUT2D eigenvalue weighted by Crippen LogP contribution is 2.33. The van der Waals surface area contributed by atoms with Crippen molar-refractivity contribution in [1.29, 1.82) is 0 Å². The van der Waals surface area contributed by atoms with Crippen molar-refractivity contribution in [1.82, 2.24) is 5.32 Å². The van der Waals surface area contributed by atoms with Crippen LogP contribution >= 0.6 is 23.2 Å². The van der Waals surface area contributed by atoms with E-state index in [1.807, 2.05) is 0 Å². The Balaban J connectivity index is 2.72. The molecule has 1 rings (SSSR count). The lowest BCUT2D eigenvalue weighted by Gasteiger charge is -2.29. The summed E-state index contributed by atoms with van der Waals surface area (Å²) in [5.41, 5.74) is -0.497. The fraction of sp³-hybridized carbons (Fsp3) is 0.562. The Bertz CT molecular complexity index is 538. The molecule has 0 aliphatic rings. The van der Waals surface area contributed by atoms with Gasteiger partial charge in [-0.25, -0.2) is 0 Å². The second kappa shape index (κ2) is 7.75. The second-order valence-electron chi connectivity index (χ2n) is 6.18. The first-order chi connectivity index (χ1) is 10.4. The van der Waals surface area contributed by atoms with Gasteiger partial charge in [0.2, 0.25) is 0 Å². The molecule has 1 atom stereocenters. The zero-order chi connectivity index (χ0) is 17.8. The summed E-state index contributed by atoms with van der Waals surface area (Å²) in [5, 5.41) is 3.38. The molecule has 0 radical (unpaired) electrons. The van der Waals surface area contributed by atoms with Gasteiger partial charge in [-0.05, 0) is 51.3 Å². The summed E-state index contributed by atoms with van der Waals surface area (Å²) in [6.07, 6.45) is -4.01. The molecule has 0 saturated heterocycles. The molecule has 0 aliphatic carbocycles. The van der Waals surface area contributed by atoms with Gasteiger partial charge in [0.15, 0.2) is 0 Å². The molecule has 0 fully saturated rings. The first-order valence-corrected chi connectivity index (χ1v) is 8.05. The van der Waals surface area contributed by atoms with Crippen LogP contribution in [0, 0.1) is 5.92 Å². The molecule has 0 aliphatic heterocycles. The quantitative estimate of drug-likeness (QED) is 0.667. The molecule has 0 heterocycles. The number of carbonyl (C=O) groups is 1. The van der Waals surface area contributed by atoms with Crippen molar-refractivity contribution in [3.8, 4) is 0 Å². The molecule has 2 nitrogen and oxygen atoms in total. The largest absolute Gasteiger partial charge is 0.391 e. The summed E-state index contributed by atoms with van der Waals surface area (Å²) in [6.45, 7) is 4.90. The van der Waals surface area contributed by atoms with Crippen LogP contribution in [-0.2, 0) is 0 Å². The molecule has 7 heteroatoms. The van der Waals surface area contributed by atoms with Gasteiger partial charge in [0.1, 0.15) is 0 Å². The van der Waals surface area contributed by atoms with Crippen LogP contribution in [0.1, 0.15) is 50.4 Å². The standard InChI is InChI=1S/C16H20Cl2F3NO/c1-4-11(16(19,20)21)5-6-15(2,3)22-14(23)10-7-12(17)9-13(18)8-10/h7-9,11H,4-6H2,1-3H3,(H,22,23). The average molecular weight is 370 g/mol. The molecule has 130 valence electrons. The van der Waals surface area contributed by atoms with Gasteiger partial charge in [-0.15, -0.1) is 0 Å². The maximum atomic E-state index is 12.8. The van der Waals surface area contributed by atoms with Gasteiger partial charge in [-0.3, -0.25) is 4.79 Å². The normalized spacial score (nSPS) is 13.7. The van der Waals surface area contributed by atoms with E-state index in [9.17, 15) is 18.0 Å². The predicted octanol–water partition coefficient (Wildman–Crippen LogP) is 5.87. The molecule has 1 aromatic rings. The molecule has 0 spiro atoms. The summed E-state index contributed by atoms with van der Waals surface area (Å²) in [6, 6.07) is 4.42. The van der Waals surface area contributed by atoms with Gasteiger partial charge in [0.25, 0.3) is 5.91 Å². The summed E-state index contributed by atoms with van der Waals surface area (Å²) in [4.78, 5) is 12.2. The maximum absolute atomic E-state index is 12.8. The van der Waals surface area contributed by atoms with Crippen LogP contribution in [0.2, 0.25) is 10.0 Å². The topological polar surface area (TPSA) is 29.1 Å².